The van der Waals surface area contributed by atoms with E-state index in [9.17, 15) is 0 Å². The van der Waals surface area contributed by atoms with Gasteiger partial charge in [0.1, 0.15) is 5.69 Å². The molecule has 0 radical (unpaired) electrons. The number of anilines is 2. The number of hydrogen-bond donors (Lipinski definition) is 2. The molecule has 4 aromatic rings. The Hall–Kier alpha value is -3.47. The van der Waals surface area contributed by atoms with E-state index in [0.717, 1.165) is 22.0 Å². The minimum atomic E-state index is 0.278. The van der Waals surface area contributed by atoms with Crippen molar-refractivity contribution in [2.75, 3.05) is 11.5 Å². The van der Waals surface area contributed by atoms with Gasteiger partial charge in [-0.25, -0.2) is 9.97 Å². The van der Waals surface area contributed by atoms with Crippen LogP contribution in [0.2, 0.25) is 0 Å². The molecule has 24 heavy (non-hydrogen) atoms. The highest BCUT2D eigenvalue weighted by atomic mass is 15.0. The lowest BCUT2D eigenvalue weighted by Crippen LogP contribution is -2.05. The Balaban J connectivity index is 1.98. The topological polar surface area (TPSA) is 90.7 Å². The molecule has 116 valence electrons. The van der Waals surface area contributed by atoms with E-state index >= 15 is 0 Å². The molecule has 2 aromatic carbocycles. The number of pyridine rings is 1. The molecule has 4 rings (SSSR count). The summed E-state index contributed by atoms with van der Waals surface area (Å²) in [5.74, 6) is 0.818. The van der Waals surface area contributed by atoms with Crippen molar-refractivity contribution in [3.8, 4) is 22.6 Å². The summed E-state index contributed by atoms with van der Waals surface area (Å²) >= 11 is 0. The van der Waals surface area contributed by atoms with Crippen molar-refractivity contribution in [2.45, 2.75) is 0 Å². The predicted molar refractivity (Wildman–Crippen MR) is 97.0 cm³/mol. The van der Waals surface area contributed by atoms with Gasteiger partial charge >= 0.3 is 0 Å². The Morgan fingerprint density at radius 1 is 0.750 bits per heavy atom. The number of hydrogen-bond acceptors (Lipinski definition) is 5. The van der Waals surface area contributed by atoms with Crippen LogP contribution in [0, 0.1) is 0 Å². The maximum Gasteiger partial charge on any atom is 0.162 e. The van der Waals surface area contributed by atoms with Crippen LogP contribution >= 0.6 is 0 Å². The minimum absolute atomic E-state index is 0.278. The summed E-state index contributed by atoms with van der Waals surface area (Å²) in [6.07, 6.45) is 1.76. The Kier molecular flexibility index (Phi) is 3.31. The van der Waals surface area contributed by atoms with Gasteiger partial charge in [-0.2, -0.15) is 0 Å². The molecular weight excluding hydrogens is 298 g/mol. The average Bonchev–Trinajstić information content (AvgIpc) is 2.64. The van der Waals surface area contributed by atoms with Crippen molar-refractivity contribution in [2.24, 2.45) is 0 Å². The highest BCUT2D eigenvalue weighted by Gasteiger charge is 2.14. The second-order valence-corrected chi connectivity index (χ2v) is 5.44. The van der Waals surface area contributed by atoms with Crippen molar-refractivity contribution in [1.29, 1.82) is 0 Å². The fraction of sp³-hybridized carbons (Fsp3) is 0. The molecule has 0 fully saturated rings. The number of fused-ring (bicyclic) bond motifs is 1. The molecule has 0 bridgehead atoms. The van der Waals surface area contributed by atoms with Crippen LogP contribution in [0.15, 0.2) is 66.9 Å². The van der Waals surface area contributed by atoms with Crippen molar-refractivity contribution in [3.63, 3.8) is 0 Å². The van der Waals surface area contributed by atoms with E-state index in [1.54, 1.807) is 6.20 Å². The number of nitrogens with zero attached hydrogens (tertiary/aromatic N) is 3. The quantitative estimate of drug-likeness (QED) is 0.591. The molecule has 0 saturated carbocycles. The molecule has 0 aliphatic rings. The molecule has 2 aromatic heterocycles. The van der Waals surface area contributed by atoms with Gasteiger partial charge in [0, 0.05) is 22.7 Å². The number of nitrogens with two attached hydrogens (primary N) is 2. The van der Waals surface area contributed by atoms with Gasteiger partial charge in [-0.3, -0.25) is 4.98 Å². The van der Waals surface area contributed by atoms with E-state index in [1.165, 1.54) is 0 Å². The molecule has 0 amide bonds. The van der Waals surface area contributed by atoms with Crippen LogP contribution in [-0.2, 0) is 0 Å². The lowest BCUT2D eigenvalue weighted by molar-refractivity contribution is 1.19. The molecule has 0 aliphatic carbocycles. The zero-order valence-corrected chi connectivity index (χ0v) is 12.8. The fourth-order valence-corrected chi connectivity index (χ4v) is 2.72. The Morgan fingerprint density at radius 3 is 2.42 bits per heavy atom. The van der Waals surface area contributed by atoms with E-state index in [4.69, 9.17) is 11.5 Å². The highest BCUT2D eigenvalue weighted by molar-refractivity contribution is 5.94. The summed E-state index contributed by atoms with van der Waals surface area (Å²) in [6, 6.07) is 19.5. The average molecular weight is 313 g/mol. The van der Waals surface area contributed by atoms with Crippen LogP contribution in [-0.4, -0.2) is 15.0 Å². The van der Waals surface area contributed by atoms with Crippen molar-refractivity contribution in [1.82, 2.24) is 15.0 Å². The molecular formula is C19H15N5. The van der Waals surface area contributed by atoms with Gasteiger partial charge < -0.3 is 11.5 Å². The minimum Gasteiger partial charge on any atom is -0.394 e. The van der Waals surface area contributed by atoms with Crippen LogP contribution in [0.1, 0.15) is 0 Å². The van der Waals surface area contributed by atoms with Crippen LogP contribution in [0.4, 0.5) is 11.5 Å². The summed E-state index contributed by atoms with van der Waals surface area (Å²) in [5.41, 5.74) is 15.9. The van der Waals surface area contributed by atoms with E-state index in [1.807, 2.05) is 60.7 Å². The third-order valence-electron chi connectivity index (χ3n) is 3.91. The second kappa shape index (κ2) is 5.62. The van der Waals surface area contributed by atoms with E-state index in [0.29, 0.717) is 17.2 Å². The normalized spacial score (nSPS) is 10.8. The Bertz CT molecular complexity index is 1020. The highest BCUT2D eigenvalue weighted by Crippen LogP contribution is 2.32. The van der Waals surface area contributed by atoms with Crippen molar-refractivity contribution >= 4 is 22.4 Å². The zero-order valence-electron chi connectivity index (χ0n) is 12.8. The second-order valence-electron chi connectivity index (χ2n) is 5.44. The van der Waals surface area contributed by atoms with Crippen molar-refractivity contribution in [3.05, 3.63) is 66.9 Å². The summed E-state index contributed by atoms with van der Waals surface area (Å²) in [5, 5.41) is 0.975. The number of benzene rings is 2. The summed E-state index contributed by atoms with van der Waals surface area (Å²) in [6.45, 7) is 0. The Labute approximate surface area is 139 Å². The third-order valence-corrected chi connectivity index (χ3v) is 3.91. The fourth-order valence-electron chi connectivity index (χ4n) is 2.72. The van der Waals surface area contributed by atoms with E-state index in [-0.39, 0.29) is 5.82 Å². The van der Waals surface area contributed by atoms with Crippen LogP contribution in [0.3, 0.4) is 0 Å². The first-order valence-electron chi connectivity index (χ1n) is 7.56. The molecule has 0 unspecified atom stereocenters. The monoisotopic (exact) mass is 313 g/mol. The smallest absolute Gasteiger partial charge is 0.162 e. The Morgan fingerprint density at radius 2 is 1.58 bits per heavy atom. The molecule has 0 saturated heterocycles. The molecule has 4 N–H and O–H groups in total. The zero-order chi connectivity index (χ0) is 16.5. The van der Waals surface area contributed by atoms with Gasteiger partial charge in [-0.15, -0.1) is 0 Å². The standard InChI is InChI=1S/C19H15N5/c20-16-17(12-6-2-1-3-7-12)23-19(24-18(16)21)14-8-4-10-15-13(14)9-5-11-22-15/h1-11H,20H2,(H2,21,23,24). The third kappa shape index (κ3) is 2.32. The molecule has 5 nitrogen and oxygen atoms in total. The maximum absolute atomic E-state index is 6.11. The number of aromatic nitrogens is 3. The number of rotatable bonds is 2. The van der Waals surface area contributed by atoms with Crippen molar-refractivity contribution < 1.29 is 0 Å². The summed E-state index contributed by atoms with van der Waals surface area (Å²) in [4.78, 5) is 13.4. The first-order chi connectivity index (χ1) is 11.7. The molecule has 5 heteroatoms. The molecule has 2 heterocycles. The van der Waals surface area contributed by atoms with Gasteiger partial charge in [0.2, 0.25) is 0 Å². The summed E-state index contributed by atoms with van der Waals surface area (Å²) in [7, 11) is 0. The SMILES string of the molecule is Nc1nc(-c2cccc3ncccc23)nc(-c2ccccc2)c1N. The van der Waals surface area contributed by atoms with Gasteiger partial charge in [-0.05, 0) is 12.1 Å². The molecule has 0 spiro atoms. The predicted octanol–water partition coefficient (Wildman–Crippen LogP) is 3.52. The first-order valence-corrected chi connectivity index (χ1v) is 7.56. The molecule has 0 aliphatic heterocycles. The van der Waals surface area contributed by atoms with Crippen LogP contribution in [0.25, 0.3) is 33.5 Å². The van der Waals surface area contributed by atoms with Gasteiger partial charge in [0.05, 0.1) is 11.2 Å². The largest absolute Gasteiger partial charge is 0.394 e. The van der Waals surface area contributed by atoms with Crippen LogP contribution in [0.5, 0.6) is 0 Å². The van der Waals surface area contributed by atoms with Gasteiger partial charge in [0.15, 0.2) is 11.6 Å². The van der Waals surface area contributed by atoms with E-state index in [2.05, 4.69) is 15.0 Å². The first kappa shape index (κ1) is 14.1. The van der Waals surface area contributed by atoms with Gasteiger partial charge in [-0.1, -0.05) is 48.5 Å². The molecule has 0 atom stereocenters. The number of nitrogen functional groups attached to an aromatic ring is 2. The summed E-state index contributed by atoms with van der Waals surface area (Å²) < 4.78 is 0. The van der Waals surface area contributed by atoms with Crippen LogP contribution < -0.4 is 11.5 Å². The van der Waals surface area contributed by atoms with E-state index < -0.39 is 0 Å². The van der Waals surface area contributed by atoms with Gasteiger partial charge in [0.25, 0.3) is 0 Å². The lowest BCUT2D eigenvalue weighted by atomic mass is 10.1. The maximum atomic E-state index is 6.11. The lowest BCUT2D eigenvalue weighted by Gasteiger charge is -2.11.